The third-order valence-electron chi connectivity index (χ3n) is 4.38. The van der Waals surface area contributed by atoms with Gasteiger partial charge in [0.15, 0.2) is 11.3 Å². The number of amides is 1. The summed E-state index contributed by atoms with van der Waals surface area (Å²) in [6, 6.07) is 10.9. The summed E-state index contributed by atoms with van der Waals surface area (Å²) in [5.41, 5.74) is 0.836. The smallest absolute Gasteiger partial charge is 0.241 e. The van der Waals surface area contributed by atoms with E-state index in [-0.39, 0.29) is 16.5 Å². The Morgan fingerprint density at radius 3 is 2.60 bits per heavy atom. The van der Waals surface area contributed by atoms with E-state index in [2.05, 4.69) is 10.0 Å². The largest absolute Gasteiger partial charge is 0.495 e. The van der Waals surface area contributed by atoms with Crippen LogP contribution in [-0.4, -0.2) is 28.0 Å². The molecule has 2 N–H and O–H groups in total. The van der Waals surface area contributed by atoms with Crippen molar-refractivity contribution < 1.29 is 27.1 Å². The van der Waals surface area contributed by atoms with Gasteiger partial charge in [-0.05, 0) is 44.2 Å². The molecule has 9 heteroatoms. The minimum absolute atomic E-state index is 0.00924. The van der Waals surface area contributed by atoms with Crippen LogP contribution in [0.25, 0.3) is 11.0 Å². The summed E-state index contributed by atoms with van der Waals surface area (Å²) in [5.74, 6) is 1.08. The molecule has 1 heterocycles. The SMILES string of the molecule is CCOc1cccc2cc(C(C)NS(=O)(=O)c3ccc(OC)c(NC(C)=O)c3)oc12. The lowest BCUT2D eigenvalue weighted by atomic mass is 10.2. The lowest BCUT2D eigenvalue weighted by Gasteiger charge is -2.14. The topological polar surface area (TPSA) is 107 Å². The van der Waals surface area contributed by atoms with Crippen LogP contribution in [0.1, 0.15) is 32.6 Å². The van der Waals surface area contributed by atoms with E-state index in [1.807, 2.05) is 19.1 Å². The molecule has 1 unspecified atom stereocenters. The third kappa shape index (κ3) is 4.58. The van der Waals surface area contributed by atoms with Gasteiger partial charge in [-0.2, -0.15) is 0 Å². The van der Waals surface area contributed by atoms with Crippen LogP contribution in [-0.2, 0) is 14.8 Å². The zero-order valence-corrected chi connectivity index (χ0v) is 18.0. The summed E-state index contributed by atoms with van der Waals surface area (Å²) in [4.78, 5) is 11.4. The monoisotopic (exact) mass is 432 g/mol. The molecule has 0 saturated heterocycles. The molecule has 0 spiro atoms. The second kappa shape index (κ2) is 8.76. The fourth-order valence-corrected chi connectivity index (χ4v) is 4.28. The molecule has 160 valence electrons. The van der Waals surface area contributed by atoms with Crippen molar-refractivity contribution in [2.24, 2.45) is 0 Å². The first-order chi connectivity index (χ1) is 14.2. The standard InChI is InChI=1S/C21H24N2O6S/c1-5-28-19-8-6-7-15-11-20(29-21(15)19)13(2)23-30(25,26)16-9-10-18(27-4)17(12-16)22-14(3)24/h6-13,23H,5H2,1-4H3,(H,22,24). The number of hydrogen-bond acceptors (Lipinski definition) is 6. The maximum atomic E-state index is 12.9. The second-order valence-electron chi connectivity index (χ2n) is 6.64. The Morgan fingerprint density at radius 2 is 1.93 bits per heavy atom. The van der Waals surface area contributed by atoms with Crippen molar-refractivity contribution >= 4 is 32.6 Å². The van der Waals surface area contributed by atoms with Crippen molar-refractivity contribution in [3.63, 3.8) is 0 Å². The van der Waals surface area contributed by atoms with Gasteiger partial charge in [0.2, 0.25) is 15.9 Å². The fourth-order valence-electron chi connectivity index (χ4n) is 3.04. The summed E-state index contributed by atoms with van der Waals surface area (Å²) in [6.07, 6.45) is 0. The lowest BCUT2D eigenvalue weighted by molar-refractivity contribution is -0.114. The van der Waals surface area contributed by atoms with Crippen molar-refractivity contribution in [3.8, 4) is 11.5 Å². The highest BCUT2D eigenvalue weighted by Crippen LogP contribution is 2.32. The average molecular weight is 432 g/mol. The number of sulfonamides is 1. The molecule has 8 nitrogen and oxygen atoms in total. The summed E-state index contributed by atoms with van der Waals surface area (Å²) in [5, 5.41) is 3.39. The number of hydrogen-bond donors (Lipinski definition) is 2. The molecule has 3 aromatic rings. The van der Waals surface area contributed by atoms with E-state index < -0.39 is 16.1 Å². The molecule has 1 aromatic heterocycles. The molecule has 0 aliphatic rings. The molecular weight excluding hydrogens is 408 g/mol. The number of methoxy groups -OCH3 is 1. The molecule has 30 heavy (non-hydrogen) atoms. The van der Waals surface area contributed by atoms with Crippen LogP contribution in [0.4, 0.5) is 5.69 Å². The van der Waals surface area contributed by atoms with Crippen molar-refractivity contribution in [1.29, 1.82) is 0 Å². The van der Waals surface area contributed by atoms with E-state index in [0.717, 1.165) is 5.39 Å². The van der Waals surface area contributed by atoms with Gasteiger partial charge in [0.05, 0.1) is 30.3 Å². The van der Waals surface area contributed by atoms with Crippen molar-refractivity contribution in [2.45, 2.75) is 31.7 Å². The number of carbonyl (C=O) groups excluding carboxylic acids is 1. The van der Waals surface area contributed by atoms with E-state index in [1.54, 1.807) is 19.1 Å². The first kappa shape index (κ1) is 21.7. The van der Waals surface area contributed by atoms with Crippen LogP contribution in [0.2, 0.25) is 0 Å². The Labute approximate surface area is 175 Å². The number of carbonyl (C=O) groups is 1. The molecule has 3 rings (SSSR count). The highest BCUT2D eigenvalue weighted by atomic mass is 32.2. The van der Waals surface area contributed by atoms with E-state index in [9.17, 15) is 13.2 Å². The van der Waals surface area contributed by atoms with Crippen molar-refractivity contribution in [1.82, 2.24) is 4.72 Å². The third-order valence-corrected chi connectivity index (χ3v) is 5.92. The number of anilines is 1. The number of furan rings is 1. The number of rotatable bonds is 8. The maximum Gasteiger partial charge on any atom is 0.241 e. The Bertz CT molecular complexity index is 1170. The van der Waals surface area contributed by atoms with Crippen molar-refractivity contribution in [3.05, 3.63) is 48.2 Å². The average Bonchev–Trinajstić information content (AvgIpc) is 3.13. The van der Waals surface area contributed by atoms with Gasteiger partial charge < -0.3 is 19.2 Å². The number of ether oxygens (including phenoxy) is 2. The van der Waals surface area contributed by atoms with E-state index in [0.29, 0.717) is 29.4 Å². The van der Waals surface area contributed by atoms with Crippen LogP contribution in [0.5, 0.6) is 11.5 Å². The molecule has 0 fully saturated rings. The fraction of sp³-hybridized carbons (Fsp3) is 0.286. The Morgan fingerprint density at radius 1 is 1.17 bits per heavy atom. The van der Waals surface area contributed by atoms with Gasteiger partial charge in [0.25, 0.3) is 0 Å². The quantitative estimate of drug-likeness (QED) is 0.560. The van der Waals surface area contributed by atoms with Gasteiger partial charge in [-0.15, -0.1) is 0 Å². The highest BCUT2D eigenvalue weighted by Gasteiger charge is 2.23. The first-order valence-electron chi connectivity index (χ1n) is 9.38. The molecule has 0 radical (unpaired) electrons. The molecule has 0 aliphatic heterocycles. The zero-order valence-electron chi connectivity index (χ0n) is 17.2. The molecule has 0 saturated carbocycles. The van der Waals surface area contributed by atoms with Crippen LogP contribution >= 0.6 is 0 Å². The van der Waals surface area contributed by atoms with E-state index >= 15 is 0 Å². The van der Waals surface area contributed by atoms with Gasteiger partial charge in [0, 0.05) is 12.3 Å². The number of nitrogens with one attached hydrogen (secondary N) is 2. The molecule has 2 aromatic carbocycles. The highest BCUT2D eigenvalue weighted by molar-refractivity contribution is 7.89. The minimum Gasteiger partial charge on any atom is -0.495 e. The van der Waals surface area contributed by atoms with Gasteiger partial charge >= 0.3 is 0 Å². The van der Waals surface area contributed by atoms with Crippen LogP contribution in [0.3, 0.4) is 0 Å². The predicted molar refractivity (Wildman–Crippen MR) is 113 cm³/mol. The van der Waals surface area contributed by atoms with E-state index in [1.165, 1.54) is 32.2 Å². The van der Waals surface area contributed by atoms with Crippen molar-refractivity contribution in [2.75, 3.05) is 19.0 Å². The van der Waals surface area contributed by atoms with Crippen LogP contribution in [0, 0.1) is 0 Å². The van der Waals surface area contributed by atoms with Gasteiger partial charge in [-0.25, -0.2) is 13.1 Å². The number of benzene rings is 2. The van der Waals surface area contributed by atoms with Gasteiger partial charge in [0.1, 0.15) is 11.5 Å². The maximum absolute atomic E-state index is 12.9. The summed E-state index contributed by atoms with van der Waals surface area (Å²) in [7, 11) is -2.46. The molecule has 0 bridgehead atoms. The lowest BCUT2D eigenvalue weighted by Crippen LogP contribution is -2.26. The predicted octanol–water partition coefficient (Wildman–Crippen LogP) is 3.84. The summed E-state index contributed by atoms with van der Waals surface area (Å²) < 4.78 is 45.0. The van der Waals surface area contributed by atoms with Gasteiger partial charge in [-0.1, -0.05) is 12.1 Å². The summed E-state index contributed by atoms with van der Waals surface area (Å²) >= 11 is 0. The Hall–Kier alpha value is -3.04. The second-order valence-corrected chi connectivity index (χ2v) is 8.36. The number of para-hydroxylation sites is 1. The Balaban J connectivity index is 1.89. The molecule has 1 amide bonds. The zero-order chi connectivity index (χ0) is 21.9. The van der Waals surface area contributed by atoms with E-state index in [4.69, 9.17) is 13.9 Å². The number of fused-ring (bicyclic) bond motifs is 1. The normalized spacial score (nSPS) is 12.5. The first-order valence-corrected chi connectivity index (χ1v) is 10.9. The summed E-state index contributed by atoms with van der Waals surface area (Å²) in [6.45, 7) is 5.39. The van der Waals surface area contributed by atoms with Crippen LogP contribution < -0.4 is 19.5 Å². The Kier molecular flexibility index (Phi) is 6.33. The molecule has 0 aliphatic carbocycles. The molecule has 1 atom stereocenters. The van der Waals surface area contributed by atoms with Crippen LogP contribution in [0.15, 0.2) is 51.8 Å². The van der Waals surface area contributed by atoms with Gasteiger partial charge in [-0.3, -0.25) is 4.79 Å². The molecular formula is C21H24N2O6S. The minimum atomic E-state index is -3.90.